The number of rotatable bonds is 9. The van der Waals surface area contributed by atoms with E-state index in [4.69, 9.17) is 0 Å². The molecule has 0 saturated carbocycles. The van der Waals surface area contributed by atoms with Gasteiger partial charge in [-0.05, 0) is 49.8 Å². The fraction of sp³-hybridized carbons (Fsp3) is 0.440. The Bertz CT molecular complexity index is 809. The number of nitrogens with zero attached hydrogens (tertiary/aromatic N) is 2. The Morgan fingerprint density at radius 2 is 1.73 bits per heavy atom. The number of nitrogens with one attached hydrogen (secondary N) is 2. The number of carbonyl (C=O) groups is 1. The Morgan fingerprint density at radius 3 is 2.40 bits per heavy atom. The molecule has 1 amide bonds. The first-order valence-corrected chi connectivity index (χ1v) is 11.1. The van der Waals surface area contributed by atoms with Crippen LogP contribution < -0.4 is 10.6 Å². The normalized spacial score (nSPS) is 14.3. The van der Waals surface area contributed by atoms with Gasteiger partial charge in [0.2, 0.25) is 5.91 Å². The van der Waals surface area contributed by atoms with Crippen molar-refractivity contribution in [1.29, 1.82) is 0 Å². The summed E-state index contributed by atoms with van der Waals surface area (Å²) < 4.78 is 0. The molecule has 30 heavy (non-hydrogen) atoms. The van der Waals surface area contributed by atoms with Crippen LogP contribution in [0.25, 0.3) is 0 Å². The second-order valence-electron chi connectivity index (χ2n) is 7.95. The molecule has 1 unspecified atom stereocenters. The monoisotopic (exact) mass is 406 g/mol. The van der Waals surface area contributed by atoms with Crippen molar-refractivity contribution < 1.29 is 4.79 Å². The number of aryl methyl sites for hydroxylation is 1. The van der Waals surface area contributed by atoms with E-state index >= 15 is 0 Å². The SMILES string of the molecule is CCNC(=NCCCC(=O)N1Cc2ccccc2C1)NC(C)CCc1ccccc1. The predicted molar refractivity (Wildman–Crippen MR) is 123 cm³/mol. The third-order valence-electron chi connectivity index (χ3n) is 5.45. The van der Waals surface area contributed by atoms with Gasteiger partial charge in [0.15, 0.2) is 5.96 Å². The molecule has 0 saturated heterocycles. The molecule has 0 fully saturated rings. The lowest BCUT2D eigenvalue weighted by Crippen LogP contribution is -2.42. The van der Waals surface area contributed by atoms with E-state index in [2.05, 4.69) is 71.9 Å². The molecule has 1 aliphatic rings. The minimum Gasteiger partial charge on any atom is -0.357 e. The van der Waals surface area contributed by atoms with Crippen LogP contribution in [0.5, 0.6) is 0 Å². The maximum Gasteiger partial charge on any atom is 0.223 e. The first-order valence-electron chi connectivity index (χ1n) is 11.1. The summed E-state index contributed by atoms with van der Waals surface area (Å²) in [4.78, 5) is 19.1. The first kappa shape index (κ1) is 21.9. The van der Waals surface area contributed by atoms with Gasteiger partial charge in [0, 0.05) is 38.6 Å². The summed E-state index contributed by atoms with van der Waals surface area (Å²) in [6.07, 6.45) is 3.39. The highest BCUT2D eigenvalue weighted by Gasteiger charge is 2.22. The fourth-order valence-corrected chi connectivity index (χ4v) is 3.74. The van der Waals surface area contributed by atoms with E-state index in [1.54, 1.807) is 0 Å². The highest BCUT2D eigenvalue weighted by molar-refractivity contribution is 5.80. The summed E-state index contributed by atoms with van der Waals surface area (Å²) in [6, 6.07) is 19.2. The molecule has 3 rings (SSSR count). The van der Waals surface area contributed by atoms with Gasteiger partial charge in [-0.2, -0.15) is 0 Å². The number of guanidine groups is 1. The van der Waals surface area contributed by atoms with Crippen molar-refractivity contribution >= 4 is 11.9 Å². The molecule has 0 aromatic heterocycles. The van der Waals surface area contributed by atoms with Crippen molar-refractivity contribution in [3.8, 4) is 0 Å². The average molecular weight is 407 g/mol. The Balaban J connectivity index is 1.39. The molecule has 1 aliphatic heterocycles. The van der Waals surface area contributed by atoms with Crippen molar-refractivity contribution in [1.82, 2.24) is 15.5 Å². The zero-order valence-electron chi connectivity index (χ0n) is 18.2. The van der Waals surface area contributed by atoms with Crippen LogP contribution in [-0.4, -0.2) is 35.9 Å². The summed E-state index contributed by atoms with van der Waals surface area (Å²) in [7, 11) is 0. The van der Waals surface area contributed by atoms with Crippen molar-refractivity contribution in [2.75, 3.05) is 13.1 Å². The summed E-state index contributed by atoms with van der Waals surface area (Å²) >= 11 is 0. The minimum atomic E-state index is 0.218. The summed E-state index contributed by atoms with van der Waals surface area (Å²) in [6.45, 7) is 7.20. The van der Waals surface area contributed by atoms with Crippen LogP contribution >= 0.6 is 0 Å². The van der Waals surface area contributed by atoms with Crippen LogP contribution in [0.3, 0.4) is 0 Å². The smallest absolute Gasteiger partial charge is 0.223 e. The maximum atomic E-state index is 12.5. The number of aliphatic imine (C=N–C) groups is 1. The Labute approximate surface area is 180 Å². The molecule has 0 bridgehead atoms. The van der Waals surface area contributed by atoms with E-state index in [9.17, 15) is 4.79 Å². The molecule has 2 aromatic rings. The second-order valence-corrected chi connectivity index (χ2v) is 7.95. The van der Waals surface area contributed by atoms with Gasteiger partial charge in [0.25, 0.3) is 0 Å². The van der Waals surface area contributed by atoms with Crippen molar-refractivity contribution in [3.63, 3.8) is 0 Å². The van der Waals surface area contributed by atoms with Crippen molar-refractivity contribution in [2.24, 2.45) is 4.99 Å². The summed E-state index contributed by atoms with van der Waals surface area (Å²) in [5.41, 5.74) is 3.90. The lowest BCUT2D eigenvalue weighted by Gasteiger charge is -2.18. The van der Waals surface area contributed by atoms with E-state index in [1.165, 1.54) is 16.7 Å². The van der Waals surface area contributed by atoms with Gasteiger partial charge in [-0.15, -0.1) is 0 Å². The molecule has 0 spiro atoms. The number of carbonyl (C=O) groups excluding carboxylic acids is 1. The lowest BCUT2D eigenvalue weighted by molar-refractivity contribution is -0.131. The van der Waals surface area contributed by atoms with Crippen LogP contribution in [-0.2, 0) is 24.3 Å². The van der Waals surface area contributed by atoms with Crippen LogP contribution in [0.4, 0.5) is 0 Å². The van der Waals surface area contributed by atoms with Gasteiger partial charge < -0.3 is 15.5 Å². The van der Waals surface area contributed by atoms with Gasteiger partial charge in [0.05, 0.1) is 0 Å². The molecule has 2 N–H and O–H groups in total. The molecular formula is C25H34N4O. The third kappa shape index (κ3) is 6.61. The van der Waals surface area contributed by atoms with Gasteiger partial charge in [-0.1, -0.05) is 54.6 Å². The van der Waals surface area contributed by atoms with Crippen LogP contribution in [0, 0.1) is 0 Å². The van der Waals surface area contributed by atoms with Crippen LogP contribution in [0.2, 0.25) is 0 Å². The number of hydrogen-bond acceptors (Lipinski definition) is 2. The predicted octanol–water partition coefficient (Wildman–Crippen LogP) is 3.89. The Morgan fingerprint density at radius 1 is 1.07 bits per heavy atom. The molecule has 1 heterocycles. The van der Waals surface area contributed by atoms with E-state index in [1.807, 2.05) is 17.0 Å². The number of hydrogen-bond donors (Lipinski definition) is 2. The minimum absolute atomic E-state index is 0.218. The first-order chi connectivity index (χ1) is 14.7. The van der Waals surface area contributed by atoms with Crippen LogP contribution in [0.1, 0.15) is 49.8 Å². The molecule has 160 valence electrons. The maximum absolute atomic E-state index is 12.5. The molecular weight excluding hydrogens is 372 g/mol. The van der Waals surface area contributed by atoms with Crippen molar-refractivity contribution in [2.45, 2.75) is 58.7 Å². The highest BCUT2D eigenvalue weighted by atomic mass is 16.2. The van der Waals surface area contributed by atoms with E-state index < -0.39 is 0 Å². The Kier molecular flexibility index (Phi) is 8.30. The molecule has 5 heteroatoms. The lowest BCUT2D eigenvalue weighted by atomic mass is 10.1. The summed E-state index contributed by atoms with van der Waals surface area (Å²) in [5.74, 6) is 1.05. The van der Waals surface area contributed by atoms with Gasteiger partial charge in [-0.25, -0.2) is 0 Å². The van der Waals surface area contributed by atoms with E-state index in [0.29, 0.717) is 19.0 Å². The largest absolute Gasteiger partial charge is 0.357 e. The number of benzene rings is 2. The average Bonchev–Trinajstić information content (AvgIpc) is 3.20. The van der Waals surface area contributed by atoms with E-state index in [-0.39, 0.29) is 5.91 Å². The quantitative estimate of drug-likeness (QED) is 0.377. The highest BCUT2D eigenvalue weighted by Crippen LogP contribution is 2.22. The fourth-order valence-electron chi connectivity index (χ4n) is 3.74. The van der Waals surface area contributed by atoms with E-state index in [0.717, 1.165) is 44.9 Å². The Hall–Kier alpha value is -2.82. The number of amides is 1. The zero-order chi connectivity index (χ0) is 21.2. The second kappa shape index (κ2) is 11.4. The van der Waals surface area contributed by atoms with Crippen LogP contribution in [0.15, 0.2) is 59.6 Å². The van der Waals surface area contributed by atoms with Crippen molar-refractivity contribution in [3.05, 3.63) is 71.3 Å². The molecule has 5 nitrogen and oxygen atoms in total. The molecule has 0 radical (unpaired) electrons. The summed E-state index contributed by atoms with van der Waals surface area (Å²) in [5, 5.41) is 6.80. The number of fused-ring (bicyclic) bond motifs is 1. The molecule has 0 aliphatic carbocycles. The topological polar surface area (TPSA) is 56.7 Å². The van der Waals surface area contributed by atoms with Gasteiger partial charge in [-0.3, -0.25) is 9.79 Å². The van der Waals surface area contributed by atoms with Gasteiger partial charge >= 0.3 is 0 Å². The molecule has 1 atom stereocenters. The molecule has 2 aromatic carbocycles. The van der Waals surface area contributed by atoms with Gasteiger partial charge in [0.1, 0.15) is 0 Å². The zero-order valence-corrected chi connectivity index (χ0v) is 18.2. The third-order valence-corrected chi connectivity index (χ3v) is 5.45. The standard InChI is InChI=1S/C25H34N4O/c1-3-26-25(28-20(2)15-16-21-10-5-4-6-11-21)27-17-9-14-24(30)29-18-22-12-7-8-13-23(22)19-29/h4-8,10-13,20H,3,9,14-19H2,1-2H3,(H2,26,27,28).